The van der Waals surface area contributed by atoms with Crippen molar-refractivity contribution in [1.82, 2.24) is 15.2 Å². The third kappa shape index (κ3) is 8.08. The van der Waals surface area contributed by atoms with Gasteiger partial charge >= 0.3 is 0 Å². The second kappa shape index (κ2) is 14.4. The molecule has 0 aliphatic rings. The van der Waals surface area contributed by atoms with Crippen LogP contribution in [0.25, 0.3) is 0 Å². The van der Waals surface area contributed by atoms with E-state index in [-0.39, 0.29) is 5.91 Å². The Kier molecular flexibility index (Phi) is 11.0. The number of nitrogens with zero attached hydrogens (tertiary/aromatic N) is 2. The van der Waals surface area contributed by atoms with Crippen LogP contribution in [0, 0.1) is 0 Å². The van der Waals surface area contributed by atoms with E-state index in [2.05, 4.69) is 15.2 Å². The lowest BCUT2D eigenvalue weighted by Gasteiger charge is -2.23. The summed E-state index contributed by atoms with van der Waals surface area (Å²) in [4.78, 5) is 19.3. The largest absolute Gasteiger partial charge is 0.497 e. The zero-order chi connectivity index (χ0) is 26.6. The molecule has 10 heteroatoms. The Morgan fingerprint density at radius 1 is 0.919 bits per heavy atom. The first kappa shape index (κ1) is 28.2. The van der Waals surface area contributed by atoms with Crippen molar-refractivity contribution in [2.45, 2.75) is 19.5 Å². The fourth-order valence-electron chi connectivity index (χ4n) is 3.80. The van der Waals surface area contributed by atoms with E-state index in [0.29, 0.717) is 43.4 Å². The second-order valence-electron chi connectivity index (χ2n) is 8.20. The summed E-state index contributed by atoms with van der Waals surface area (Å²) in [5.41, 5.74) is 2.57. The van der Waals surface area contributed by atoms with Gasteiger partial charge in [-0.2, -0.15) is 0 Å². The molecular formula is C27H35N3O6S. The molecule has 1 aromatic heterocycles. The van der Waals surface area contributed by atoms with Crippen molar-refractivity contribution in [2.75, 3.05) is 55.2 Å². The van der Waals surface area contributed by atoms with E-state index in [1.54, 1.807) is 40.9 Å². The monoisotopic (exact) mass is 529 g/mol. The van der Waals surface area contributed by atoms with Crippen LogP contribution < -0.4 is 24.3 Å². The minimum absolute atomic E-state index is 0.201. The first-order valence-electron chi connectivity index (χ1n) is 11.9. The number of amides is 1. The lowest BCUT2D eigenvalue weighted by Crippen LogP contribution is -2.28. The number of rotatable bonds is 15. The molecule has 0 fully saturated rings. The van der Waals surface area contributed by atoms with E-state index >= 15 is 0 Å². The minimum atomic E-state index is -0.201. The quantitative estimate of drug-likeness (QED) is 0.297. The normalized spacial score (nSPS) is 10.9. The maximum atomic E-state index is 12.4. The topological polar surface area (TPSA) is 91.4 Å². The number of ether oxygens (including phenoxy) is 5. The smallest absolute Gasteiger partial charge is 0.270 e. The Morgan fingerprint density at radius 3 is 2.41 bits per heavy atom. The van der Waals surface area contributed by atoms with Crippen LogP contribution in [0.15, 0.2) is 41.8 Å². The summed E-state index contributed by atoms with van der Waals surface area (Å²) in [5, 5.41) is 5.46. The molecule has 0 unspecified atom stereocenters. The number of thiazole rings is 1. The SMILES string of the molecule is COCCNC(=O)c1csc(CN(CCc2ccc(OC)c(OC)c2)Cc2ccc(OC)cc2OC)n1. The number of carbonyl (C=O) groups is 1. The molecule has 37 heavy (non-hydrogen) atoms. The van der Waals surface area contributed by atoms with E-state index in [1.807, 2.05) is 36.4 Å². The van der Waals surface area contributed by atoms with Crippen LogP contribution in [-0.4, -0.2) is 71.0 Å². The molecule has 0 atom stereocenters. The molecule has 0 aliphatic heterocycles. The summed E-state index contributed by atoms with van der Waals surface area (Å²) < 4.78 is 26.8. The van der Waals surface area contributed by atoms with E-state index in [1.165, 1.54) is 11.3 Å². The summed E-state index contributed by atoms with van der Waals surface area (Å²) in [6, 6.07) is 11.8. The molecule has 2 aromatic carbocycles. The Labute approximate surface area is 222 Å². The van der Waals surface area contributed by atoms with Gasteiger partial charge < -0.3 is 29.0 Å². The standard InChI is InChI=1S/C27H35N3O6S/c1-32-13-11-28-27(31)22-18-37-26(29-22)17-30(16-20-7-8-21(33-2)15-24(20)35-4)12-10-19-6-9-23(34-3)25(14-19)36-5/h6-9,14-15,18H,10-13,16-17H2,1-5H3,(H,28,31). The highest BCUT2D eigenvalue weighted by Gasteiger charge is 2.16. The molecule has 0 aliphatic carbocycles. The van der Waals surface area contributed by atoms with Gasteiger partial charge in [0.1, 0.15) is 22.2 Å². The van der Waals surface area contributed by atoms with Crippen molar-refractivity contribution in [3.63, 3.8) is 0 Å². The molecule has 1 amide bonds. The highest BCUT2D eigenvalue weighted by atomic mass is 32.1. The molecule has 0 radical (unpaired) electrons. The van der Waals surface area contributed by atoms with Crippen molar-refractivity contribution < 1.29 is 28.5 Å². The lowest BCUT2D eigenvalue weighted by molar-refractivity contribution is 0.0932. The molecule has 0 saturated heterocycles. The number of benzene rings is 2. The number of hydrogen-bond acceptors (Lipinski definition) is 9. The number of methoxy groups -OCH3 is 5. The Morgan fingerprint density at radius 2 is 1.70 bits per heavy atom. The third-order valence-electron chi connectivity index (χ3n) is 5.79. The number of hydrogen-bond donors (Lipinski definition) is 1. The van der Waals surface area contributed by atoms with Crippen molar-refractivity contribution in [1.29, 1.82) is 0 Å². The fourth-order valence-corrected chi connectivity index (χ4v) is 4.61. The number of carbonyl (C=O) groups excluding carboxylic acids is 1. The number of aromatic nitrogens is 1. The summed E-state index contributed by atoms with van der Waals surface area (Å²) in [6.07, 6.45) is 0.786. The first-order valence-corrected chi connectivity index (χ1v) is 12.7. The Balaban J connectivity index is 1.78. The maximum Gasteiger partial charge on any atom is 0.270 e. The summed E-state index contributed by atoms with van der Waals surface area (Å²) in [6.45, 7) is 2.86. The van der Waals surface area contributed by atoms with Gasteiger partial charge in [-0.05, 0) is 30.2 Å². The van der Waals surface area contributed by atoms with Gasteiger partial charge in [-0.15, -0.1) is 11.3 Å². The maximum absolute atomic E-state index is 12.4. The van der Waals surface area contributed by atoms with Gasteiger partial charge in [0.15, 0.2) is 11.5 Å². The molecule has 1 heterocycles. The van der Waals surface area contributed by atoms with Crippen molar-refractivity contribution in [3.8, 4) is 23.0 Å². The lowest BCUT2D eigenvalue weighted by atomic mass is 10.1. The molecule has 0 bridgehead atoms. The Bertz CT molecular complexity index is 1150. The van der Waals surface area contributed by atoms with Gasteiger partial charge in [-0.3, -0.25) is 9.69 Å². The van der Waals surface area contributed by atoms with Crippen LogP contribution in [0.5, 0.6) is 23.0 Å². The van der Waals surface area contributed by atoms with Gasteiger partial charge in [0.25, 0.3) is 5.91 Å². The van der Waals surface area contributed by atoms with E-state index in [9.17, 15) is 4.79 Å². The number of nitrogens with one attached hydrogen (secondary N) is 1. The van der Waals surface area contributed by atoms with Crippen LogP contribution in [0.4, 0.5) is 0 Å². The van der Waals surface area contributed by atoms with Gasteiger partial charge in [-0.25, -0.2) is 4.98 Å². The van der Waals surface area contributed by atoms with Crippen molar-refractivity contribution in [3.05, 3.63) is 63.6 Å². The van der Waals surface area contributed by atoms with Crippen molar-refractivity contribution in [2.24, 2.45) is 0 Å². The molecule has 0 saturated carbocycles. The van der Waals surface area contributed by atoms with E-state index in [4.69, 9.17) is 23.7 Å². The molecule has 200 valence electrons. The fraction of sp³-hybridized carbons (Fsp3) is 0.407. The summed E-state index contributed by atoms with van der Waals surface area (Å²) in [5.74, 6) is 2.69. The van der Waals surface area contributed by atoms with Crippen LogP contribution in [-0.2, 0) is 24.2 Å². The summed E-state index contributed by atoms with van der Waals surface area (Å²) in [7, 11) is 8.15. The van der Waals surface area contributed by atoms with Gasteiger partial charge in [-0.1, -0.05) is 12.1 Å². The predicted octanol–water partition coefficient (Wildman–Crippen LogP) is 3.80. The second-order valence-corrected chi connectivity index (χ2v) is 9.15. The van der Waals surface area contributed by atoms with E-state index in [0.717, 1.165) is 40.6 Å². The highest BCUT2D eigenvalue weighted by molar-refractivity contribution is 7.09. The molecule has 1 N–H and O–H groups in total. The molecular weight excluding hydrogens is 494 g/mol. The van der Waals surface area contributed by atoms with Crippen LogP contribution >= 0.6 is 11.3 Å². The van der Waals surface area contributed by atoms with E-state index < -0.39 is 0 Å². The first-order chi connectivity index (χ1) is 18.0. The van der Waals surface area contributed by atoms with Gasteiger partial charge in [0, 0.05) is 43.8 Å². The van der Waals surface area contributed by atoms with Crippen LogP contribution in [0.2, 0.25) is 0 Å². The van der Waals surface area contributed by atoms with Crippen molar-refractivity contribution >= 4 is 17.2 Å². The van der Waals surface area contributed by atoms with Gasteiger partial charge in [0.2, 0.25) is 0 Å². The molecule has 3 aromatic rings. The van der Waals surface area contributed by atoms with Crippen LogP contribution in [0.1, 0.15) is 26.6 Å². The minimum Gasteiger partial charge on any atom is -0.497 e. The zero-order valence-corrected chi connectivity index (χ0v) is 22.9. The average molecular weight is 530 g/mol. The highest BCUT2D eigenvalue weighted by Crippen LogP contribution is 2.29. The Hall–Kier alpha value is -3.34. The predicted molar refractivity (Wildman–Crippen MR) is 143 cm³/mol. The van der Waals surface area contributed by atoms with Crippen LogP contribution in [0.3, 0.4) is 0 Å². The average Bonchev–Trinajstić information content (AvgIpc) is 3.40. The van der Waals surface area contributed by atoms with Gasteiger partial charge in [0.05, 0.1) is 41.6 Å². The zero-order valence-electron chi connectivity index (χ0n) is 22.0. The molecule has 9 nitrogen and oxygen atoms in total. The molecule has 3 rings (SSSR count). The molecule has 0 spiro atoms. The summed E-state index contributed by atoms with van der Waals surface area (Å²) >= 11 is 1.47. The third-order valence-corrected chi connectivity index (χ3v) is 6.62.